The number of aryl methyl sites for hydroxylation is 3. The van der Waals surface area contributed by atoms with Gasteiger partial charge in [0.25, 0.3) is 0 Å². The molecule has 0 saturated carbocycles. The summed E-state index contributed by atoms with van der Waals surface area (Å²) in [6, 6.07) is 10.7. The smallest absolute Gasteiger partial charge is 0.185 e. The highest BCUT2D eigenvalue weighted by atomic mass is 32.3. The quantitative estimate of drug-likeness (QED) is 0.535. The van der Waals surface area contributed by atoms with Crippen molar-refractivity contribution in [3.05, 3.63) is 59.2 Å². The molecule has 8 heteroatoms. The zero-order valence-electron chi connectivity index (χ0n) is 15.2. The third-order valence-electron chi connectivity index (χ3n) is 4.16. The van der Waals surface area contributed by atoms with Crippen LogP contribution < -0.4 is 0 Å². The number of ketones is 1. The number of sulfone groups is 1. The highest BCUT2D eigenvalue weighted by molar-refractivity contribution is 8.26. The van der Waals surface area contributed by atoms with E-state index in [1.165, 1.54) is 18.2 Å². The SMILES string of the molecule is Cc1ccc(S(O)(O)C(C=O)C(=O)CS(=O)(=O)c2ccc(C)cc2C)cc1. The second-order valence-electron chi connectivity index (χ2n) is 6.46. The Morgan fingerprint density at radius 3 is 2.07 bits per heavy atom. The van der Waals surface area contributed by atoms with Gasteiger partial charge in [0.15, 0.2) is 20.9 Å². The van der Waals surface area contributed by atoms with E-state index in [9.17, 15) is 27.1 Å². The normalized spacial score (nSPS) is 13.8. The minimum Gasteiger partial charge on any atom is -0.301 e. The van der Waals surface area contributed by atoms with Gasteiger partial charge in [0.05, 0.1) is 9.79 Å². The molecule has 0 fully saturated rings. The molecule has 1 atom stereocenters. The van der Waals surface area contributed by atoms with Crippen molar-refractivity contribution in [3.8, 4) is 0 Å². The van der Waals surface area contributed by atoms with Gasteiger partial charge in [0.2, 0.25) is 0 Å². The summed E-state index contributed by atoms with van der Waals surface area (Å²) in [5, 5.41) is -1.85. The van der Waals surface area contributed by atoms with E-state index in [0.717, 1.165) is 11.1 Å². The fraction of sp³-hybridized carbons (Fsp3) is 0.263. The van der Waals surface area contributed by atoms with Gasteiger partial charge in [-0.25, -0.2) is 8.42 Å². The number of hydrogen-bond acceptors (Lipinski definition) is 6. The third-order valence-corrected chi connectivity index (χ3v) is 8.00. The van der Waals surface area contributed by atoms with E-state index in [-0.39, 0.29) is 16.1 Å². The summed E-state index contributed by atoms with van der Waals surface area (Å²) in [4.78, 5) is 24.0. The zero-order valence-corrected chi connectivity index (χ0v) is 16.9. The Morgan fingerprint density at radius 2 is 1.56 bits per heavy atom. The summed E-state index contributed by atoms with van der Waals surface area (Å²) < 4.78 is 46.1. The lowest BCUT2D eigenvalue weighted by Crippen LogP contribution is -2.34. The first-order valence-electron chi connectivity index (χ1n) is 8.11. The van der Waals surface area contributed by atoms with Crippen LogP contribution in [0.4, 0.5) is 0 Å². The lowest BCUT2D eigenvalue weighted by molar-refractivity contribution is -0.120. The fourth-order valence-corrected chi connectivity index (χ4v) is 5.79. The van der Waals surface area contributed by atoms with Crippen molar-refractivity contribution in [2.45, 2.75) is 35.8 Å². The summed E-state index contributed by atoms with van der Waals surface area (Å²) in [5.41, 5.74) is 2.22. The van der Waals surface area contributed by atoms with Crippen LogP contribution >= 0.6 is 10.6 Å². The number of Topliss-reactive ketones (excluding diaryl/α,β-unsaturated/α-hetero) is 1. The van der Waals surface area contributed by atoms with Crippen LogP contribution in [0, 0.1) is 20.8 Å². The van der Waals surface area contributed by atoms with Gasteiger partial charge >= 0.3 is 0 Å². The lowest BCUT2D eigenvalue weighted by atomic mass is 10.2. The minimum absolute atomic E-state index is 0.0158. The summed E-state index contributed by atoms with van der Waals surface area (Å²) in [7, 11) is -7.85. The highest BCUT2D eigenvalue weighted by Crippen LogP contribution is 2.52. The highest BCUT2D eigenvalue weighted by Gasteiger charge is 2.36. The van der Waals surface area contributed by atoms with Gasteiger partial charge in [-0.1, -0.05) is 35.4 Å². The molecule has 0 heterocycles. The Balaban J connectivity index is 2.33. The van der Waals surface area contributed by atoms with E-state index in [1.807, 2.05) is 6.92 Å². The van der Waals surface area contributed by atoms with Gasteiger partial charge in [0.1, 0.15) is 12.0 Å². The van der Waals surface area contributed by atoms with Gasteiger partial charge in [-0.3, -0.25) is 13.9 Å². The molecule has 0 spiro atoms. The van der Waals surface area contributed by atoms with Gasteiger partial charge in [-0.15, -0.1) is 0 Å². The topological polar surface area (TPSA) is 109 Å². The molecular formula is C19H22O6S2. The first-order chi connectivity index (χ1) is 12.5. The van der Waals surface area contributed by atoms with Crippen LogP contribution in [0.5, 0.6) is 0 Å². The maximum absolute atomic E-state index is 12.6. The monoisotopic (exact) mass is 410 g/mol. The summed E-state index contributed by atoms with van der Waals surface area (Å²) in [5.74, 6) is -2.03. The molecule has 0 aliphatic rings. The molecule has 0 aromatic heterocycles. The maximum Gasteiger partial charge on any atom is 0.185 e. The molecule has 0 aliphatic heterocycles. The van der Waals surface area contributed by atoms with Crippen LogP contribution in [0.15, 0.2) is 52.3 Å². The van der Waals surface area contributed by atoms with E-state index in [0.29, 0.717) is 5.56 Å². The van der Waals surface area contributed by atoms with Crippen LogP contribution in [-0.2, 0) is 19.4 Å². The average molecular weight is 411 g/mol. The summed E-state index contributed by atoms with van der Waals surface area (Å²) in [6.45, 7) is 5.23. The number of aldehydes is 1. The first kappa shape index (κ1) is 21.3. The van der Waals surface area contributed by atoms with Crippen LogP contribution in [0.25, 0.3) is 0 Å². The number of carbonyl (C=O) groups excluding carboxylic acids is 2. The van der Waals surface area contributed by atoms with Crippen molar-refractivity contribution in [1.29, 1.82) is 0 Å². The lowest BCUT2D eigenvalue weighted by Gasteiger charge is -2.36. The maximum atomic E-state index is 12.6. The van der Waals surface area contributed by atoms with Gasteiger partial charge in [-0.2, -0.15) is 10.6 Å². The molecule has 0 bridgehead atoms. The Labute approximate surface area is 160 Å². The molecule has 6 nitrogen and oxygen atoms in total. The molecule has 0 amide bonds. The number of rotatable bonds is 7. The van der Waals surface area contributed by atoms with E-state index in [1.54, 1.807) is 38.1 Å². The number of hydrogen-bond donors (Lipinski definition) is 2. The minimum atomic E-state index is -4.03. The van der Waals surface area contributed by atoms with Crippen molar-refractivity contribution >= 4 is 32.5 Å². The van der Waals surface area contributed by atoms with Crippen molar-refractivity contribution < 1.29 is 27.1 Å². The third kappa shape index (κ3) is 4.65. The molecule has 2 N–H and O–H groups in total. The second kappa shape index (κ2) is 7.93. The Hall–Kier alpha value is -2.00. The van der Waals surface area contributed by atoms with Crippen molar-refractivity contribution in [2.75, 3.05) is 5.75 Å². The van der Waals surface area contributed by atoms with Crippen LogP contribution in [-0.4, -0.2) is 40.6 Å². The summed E-state index contributed by atoms with van der Waals surface area (Å²) >= 11 is 0. The van der Waals surface area contributed by atoms with Crippen molar-refractivity contribution in [2.24, 2.45) is 0 Å². The van der Waals surface area contributed by atoms with E-state index in [4.69, 9.17) is 0 Å². The molecule has 146 valence electrons. The van der Waals surface area contributed by atoms with Gasteiger partial charge in [0, 0.05) is 0 Å². The molecule has 2 rings (SSSR count). The van der Waals surface area contributed by atoms with Gasteiger partial charge in [-0.05, 0) is 44.5 Å². The summed E-state index contributed by atoms with van der Waals surface area (Å²) in [6.07, 6.45) is 0.106. The zero-order chi connectivity index (χ0) is 20.4. The molecule has 27 heavy (non-hydrogen) atoms. The van der Waals surface area contributed by atoms with Gasteiger partial charge < -0.3 is 4.79 Å². The Kier molecular flexibility index (Phi) is 6.26. The molecule has 2 aromatic rings. The molecule has 2 aromatic carbocycles. The predicted octanol–water partition coefficient (Wildman–Crippen LogP) is 3.33. The first-order valence-corrected chi connectivity index (χ1v) is 11.4. The molecule has 1 unspecified atom stereocenters. The van der Waals surface area contributed by atoms with Crippen LogP contribution in [0.2, 0.25) is 0 Å². The standard InChI is InChI=1S/C19H22O6S2/c1-13-4-7-16(8-5-13)27(24,25)19(11-20)17(21)12-26(22,23)18-9-6-14(2)10-15(18)3/h4-11,19,24-25H,12H2,1-3H3. The van der Waals surface area contributed by atoms with E-state index in [2.05, 4.69) is 0 Å². The second-order valence-corrected chi connectivity index (χ2v) is 10.6. The fourth-order valence-electron chi connectivity index (χ4n) is 2.72. The molecule has 0 saturated heterocycles. The number of benzene rings is 2. The van der Waals surface area contributed by atoms with Crippen molar-refractivity contribution in [3.63, 3.8) is 0 Å². The molecule has 0 aliphatic carbocycles. The van der Waals surface area contributed by atoms with E-state index < -0.39 is 37.2 Å². The molecular weight excluding hydrogens is 388 g/mol. The van der Waals surface area contributed by atoms with Crippen molar-refractivity contribution in [1.82, 2.24) is 0 Å². The molecule has 0 radical (unpaired) electrons. The van der Waals surface area contributed by atoms with E-state index >= 15 is 0 Å². The largest absolute Gasteiger partial charge is 0.301 e. The Bertz CT molecular complexity index is 962. The predicted molar refractivity (Wildman–Crippen MR) is 105 cm³/mol. The van der Waals surface area contributed by atoms with Crippen LogP contribution in [0.3, 0.4) is 0 Å². The Morgan fingerprint density at radius 1 is 1.00 bits per heavy atom. The number of carbonyl (C=O) groups is 2. The average Bonchev–Trinajstić information content (AvgIpc) is 2.54. The van der Waals surface area contributed by atoms with Crippen LogP contribution in [0.1, 0.15) is 16.7 Å².